The Hall–Kier alpha value is -2.73. The highest BCUT2D eigenvalue weighted by Gasteiger charge is 2.12. The van der Waals surface area contributed by atoms with Crippen molar-refractivity contribution in [3.05, 3.63) is 70.7 Å². The highest BCUT2D eigenvalue weighted by atomic mass is 32.1. The van der Waals surface area contributed by atoms with Crippen LogP contribution in [0.25, 0.3) is 0 Å². The molecule has 0 aliphatic carbocycles. The zero-order valence-electron chi connectivity index (χ0n) is 14.8. The van der Waals surface area contributed by atoms with Gasteiger partial charge in [-0.1, -0.05) is 73.7 Å². The van der Waals surface area contributed by atoms with Crippen LogP contribution >= 0.6 is 11.3 Å². The van der Waals surface area contributed by atoms with Crippen molar-refractivity contribution < 1.29 is 9.53 Å². The van der Waals surface area contributed by atoms with Gasteiger partial charge in [0.15, 0.2) is 6.61 Å². The molecule has 6 heteroatoms. The summed E-state index contributed by atoms with van der Waals surface area (Å²) in [5, 5.41) is 12.3. The lowest BCUT2D eigenvalue weighted by Gasteiger charge is -2.13. The molecule has 2 aromatic carbocycles. The molecular formula is C20H21N3O2S. The van der Waals surface area contributed by atoms with E-state index in [1.807, 2.05) is 54.6 Å². The summed E-state index contributed by atoms with van der Waals surface area (Å²) in [6.07, 6.45) is 0.701. The average molecular weight is 367 g/mol. The van der Waals surface area contributed by atoms with E-state index in [-0.39, 0.29) is 12.5 Å². The molecule has 26 heavy (non-hydrogen) atoms. The lowest BCUT2D eigenvalue weighted by molar-refractivity contribution is -0.118. The molecule has 1 N–H and O–H groups in total. The van der Waals surface area contributed by atoms with Gasteiger partial charge >= 0.3 is 0 Å². The van der Waals surface area contributed by atoms with Crippen molar-refractivity contribution in [1.29, 1.82) is 0 Å². The van der Waals surface area contributed by atoms with Crippen LogP contribution in [0.1, 0.15) is 35.9 Å². The van der Waals surface area contributed by atoms with Gasteiger partial charge in [-0.05, 0) is 23.1 Å². The van der Waals surface area contributed by atoms with Gasteiger partial charge in [0, 0.05) is 6.42 Å². The zero-order chi connectivity index (χ0) is 18.4. The van der Waals surface area contributed by atoms with Crippen LogP contribution in [0.3, 0.4) is 0 Å². The van der Waals surface area contributed by atoms with Crippen LogP contribution in [0, 0.1) is 0 Å². The van der Waals surface area contributed by atoms with E-state index in [9.17, 15) is 4.79 Å². The molecule has 134 valence electrons. The third-order valence-corrected chi connectivity index (χ3v) is 4.65. The van der Waals surface area contributed by atoms with Crippen molar-refractivity contribution in [2.24, 2.45) is 0 Å². The Balaban J connectivity index is 1.54. The van der Waals surface area contributed by atoms with E-state index >= 15 is 0 Å². The Kier molecular flexibility index (Phi) is 5.96. The van der Waals surface area contributed by atoms with Crippen molar-refractivity contribution in [1.82, 2.24) is 10.2 Å². The van der Waals surface area contributed by atoms with Crippen molar-refractivity contribution in [2.45, 2.75) is 26.2 Å². The molecule has 1 heterocycles. The number of benzene rings is 2. The molecule has 0 spiro atoms. The van der Waals surface area contributed by atoms with Gasteiger partial charge in [0.1, 0.15) is 10.8 Å². The first kappa shape index (κ1) is 18.1. The first-order valence-electron chi connectivity index (χ1n) is 8.49. The summed E-state index contributed by atoms with van der Waals surface area (Å²) in [5.74, 6) is 0.823. The first-order chi connectivity index (χ1) is 12.6. The van der Waals surface area contributed by atoms with E-state index in [4.69, 9.17) is 4.74 Å². The van der Waals surface area contributed by atoms with Crippen LogP contribution in [0.2, 0.25) is 0 Å². The topological polar surface area (TPSA) is 64.1 Å². The minimum Gasteiger partial charge on any atom is -0.483 e. The number of carbonyl (C=O) groups is 1. The maximum absolute atomic E-state index is 12.1. The van der Waals surface area contributed by atoms with Gasteiger partial charge in [0.2, 0.25) is 5.13 Å². The number of carbonyl (C=O) groups excluding carboxylic acids is 1. The number of anilines is 1. The van der Waals surface area contributed by atoms with Crippen LogP contribution in [0.5, 0.6) is 5.75 Å². The summed E-state index contributed by atoms with van der Waals surface area (Å²) in [5.41, 5.74) is 2.25. The van der Waals surface area contributed by atoms with E-state index in [0.717, 1.165) is 21.9 Å². The SMILES string of the molecule is CC(C)c1ccccc1OCC(=O)Nc1nnc(Cc2ccccc2)s1. The Morgan fingerprint density at radius 3 is 2.58 bits per heavy atom. The summed E-state index contributed by atoms with van der Waals surface area (Å²) < 4.78 is 5.68. The lowest BCUT2D eigenvalue weighted by Crippen LogP contribution is -2.20. The number of rotatable bonds is 7. The van der Waals surface area contributed by atoms with Crippen LogP contribution in [-0.2, 0) is 11.2 Å². The summed E-state index contributed by atoms with van der Waals surface area (Å²) >= 11 is 1.38. The second-order valence-corrected chi connectivity index (χ2v) is 7.25. The summed E-state index contributed by atoms with van der Waals surface area (Å²) in [6, 6.07) is 17.8. The molecule has 0 fully saturated rings. The second kappa shape index (κ2) is 8.58. The van der Waals surface area contributed by atoms with Crippen LogP contribution < -0.4 is 10.1 Å². The fourth-order valence-electron chi connectivity index (χ4n) is 2.53. The van der Waals surface area contributed by atoms with Crippen molar-refractivity contribution in [3.8, 4) is 5.75 Å². The molecule has 0 aliphatic heterocycles. The summed E-state index contributed by atoms with van der Waals surface area (Å²) in [6.45, 7) is 4.13. The molecule has 0 saturated carbocycles. The van der Waals surface area contributed by atoms with Gasteiger partial charge in [-0.15, -0.1) is 10.2 Å². The summed E-state index contributed by atoms with van der Waals surface area (Å²) in [4.78, 5) is 12.1. The zero-order valence-corrected chi connectivity index (χ0v) is 15.6. The predicted octanol–water partition coefficient (Wildman–Crippen LogP) is 4.27. The quantitative estimate of drug-likeness (QED) is 0.677. The number of hydrogen-bond donors (Lipinski definition) is 1. The minimum atomic E-state index is -0.244. The number of ether oxygens (including phenoxy) is 1. The normalized spacial score (nSPS) is 10.7. The van der Waals surface area contributed by atoms with Gasteiger partial charge in [0.25, 0.3) is 5.91 Å². The fraction of sp³-hybridized carbons (Fsp3) is 0.250. The number of nitrogens with zero attached hydrogens (tertiary/aromatic N) is 2. The van der Waals surface area contributed by atoms with Gasteiger partial charge in [-0.25, -0.2) is 0 Å². The number of amides is 1. The molecular weight excluding hydrogens is 346 g/mol. The average Bonchev–Trinajstić information content (AvgIpc) is 3.07. The molecule has 0 radical (unpaired) electrons. The second-order valence-electron chi connectivity index (χ2n) is 6.19. The van der Waals surface area contributed by atoms with Crippen molar-refractivity contribution in [3.63, 3.8) is 0 Å². The molecule has 1 aromatic heterocycles. The van der Waals surface area contributed by atoms with E-state index in [0.29, 0.717) is 17.5 Å². The molecule has 3 rings (SSSR count). The largest absolute Gasteiger partial charge is 0.483 e. The smallest absolute Gasteiger partial charge is 0.264 e. The third kappa shape index (κ3) is 4.89. The van der Waals surface area contributed by atoms with Gasteiger partial charge in [-0.3, -0.25) is 10.1 Å². The van der Waals surface area contributed by atoms with Crippen molar-refractivity contribution >= 4 is 22.4 Å². The number of para-hydroxylation sites is 1. The number of hydrogen-bond acceptors (Lipinski definition) is 5. The van der Waals surface area contributed by atoms with Crippen LogP contribution in [-0.4, -0.2) is 22.7 Å². The van der Waals surface area contributed by atoms with E-state index < -0.39 is 0 Å². The molecule has 0 unspecified atom stereocenters. The Bertz CT molecular complexity index is 862. The van der Waals surface area contributed by atoms with Gasteiger partial charge < -0.3 is 4.74 Å². The van der Waals surface area contributed by atoms with E-state index in [2.05, 4.69) is 29.4 Å². The molecule has 1 amide bonds. The standard InChI is InChI=1S/C20H21N3O2S/c1-14(2)16-10-6-7-11-17(16)25-13-18(24)21-20-23-22-19(26-20)12-15-8-4-3-5-9-15/h3-11,14H,12-13H2,1-2H3,(H,21,23,24). The van der Waals surface area contributed by atoms with Gasteiger partial charge in [-0.2, -0.15) is 0 Å². The molecule has 0 aliphatic rings. The van der Waals surface area contributed by atoms with Crippen LogP contribution in [0.15, 0.2) is 54.6 Å². The number of aromatic nitrogens is 2. The molecule has 0 bridgehead atoms. The molecule has 0 saturated heterocycles. The Morgan fingerprint density at radius 1 is 1.08 bits per heavy atom. The highest BCUT2D eigenvalue weighted by molar-refractivity contribution is 7.15. The maximum atomic E-state index is 12.1. The summed E-state index contributed by atoms with van der Waals surface area (Å²) in [7, 11) is 0. The van der Waals surface area contributed by atoms with E-state index in [1.54, 1.807) is 0 Å². The number of nitrogens with one attached hydrogen (secondary N) is 1. The highest BCUT2D eigenvalue weighted by Crippen LogP contribution is 2.26. The van der Waals surface area contributed by atoms with Crippen LogP contribution in [0.4, 0.5) is 5.13 Å². The molecule has 5 nitrogen and oxygen atoms in total. The predicted molar refractivity (Wildman–Crippen MR) is 104 cm³/mol. The lowest BCUT2D eigenvalue weighted by atomic mass is 10.0. The van der Waals surface area contributed by atoms with Crippen molar-refractivity contribution in [2.75, 3.05) is 11.9 Å². The Labute approximate surface area is 157 Å². The maximum Gasteiger partial charge on any atom is 0.264 e. The van der Waals surface area contributed by atoms with E-state index in [1.165, 1.54) is 11.3 Å². The molecule has 0 atom stereocenters. The molecule has 3 aromatic rings. The minimum absolute atomic E-state index is 0.0582. The van der Waals surface area contributed by atoms with Gasteiger partial charge in [0.05, 0.1) is 0 Å². The third-order valence-electron chi connectivity index (χ3n) is 3.81. The fourth-order valence-corrected chi connectivity index (χ4v) is 3.32. The monoisotopic (exact) mass is 367 g/mol. The Morgan fingerprint density at radius 2 is 1.81 bits per heavy atom. The first-order valence-corrected chi connectivity index (χ1v) is 9.31.